The Kier molecular flexibility index (Phi) is 15.4. The molecule has 400 valence electrons. The maximum Gasteiger partial charge on any atom is 0.328 e. The quantitative estimate of drug-likeness (QED) is 0.0622. The van der Waals surface area contributed by atoms with E-state index in [0.717, 1.165) is 6.54 Å². The summed E-state index contributed by atoms with van der Waals surface area (Å²) < 4.78 is 25.9. The lowest BCUT2D eigenvalue weighted by Gasteiger charge is -2.38. The number of ketones is 1. The smallest absolute Gasteiger partial charge is 0.328 e. The number of nitro groups is 1. The molecule has 21 heteroatoms. The number of benzene rings is 3. The largest absolute Gasteiger partial charge is 0.507 e. The number of aliphatic hydroxyl groups excluding tert-OH is 2. The standard InChI is InChI=1S/C54H66N8O13/c1-27(2)24-60-21-19-54(20-22-60)56-42-39-40-47(66)33(8)50-41(39)51(68)53(9,75-50)73-23-18-37(72-10)30(5)49(74-38(63)26-61-25-36(58-59-61)34-14-16-35(17-15-34)62(70)71)32(7)46(65)31(6)45(64)28(3)12-11-13-29(4)52(69)55-44(48(40)67)43(42)57-54/h11-18,23,25,27-28,30-32,37,45-46,49,64-67H,19-22,24,26H2,1-10H3,(H,55,69)/b12-11+,23-18+,29-13-/t28-,30+,31+,32+,37-,45-,46+,49+,53-/m0/s1. The van der Waals surface area contributed by atoms with E-state index in [0.29, 0.717) is 43.1 Å². The zero-order valence-electron chi connectivity index (χ0n) is 43.8. The number of piperidine rings is 1. The number of carbonyl (C=O) groups is 3. The molecular formula is C54H66N8O13. The van der Waals surface area contributed by atoms with Crippen molar-refractivity contribution in [3.05, 3.63) is 98.6 Å². The van der Waals surface area contributed by atoms with Crippen molar-refractivity contribution < 1.29 is 58.7 Å². The summed E-state index contributed by atoms with van der Waals surface area (Å²) in [5.74, 6) is -7.47. The Morgan fingerprint density at radius 2 is 1.64 bits per heavy atom. The second-order valence-corrected chi connectivity index (χ2v) is 20.9. The first kappa shape index (κ1) is 54.2. The number of amides is 1. The lowest BCUT2D eigenvalue weighted by Crippen LogP contribution is -2.47. The van der Waals surface area contributed by atoms with E-state index in [1.165, 1.54) is 74.5 Å². The summed E-state index contributed by atoms with van der Waals surface area (Å²) in [7, 11) is 1.43. The zero-order valence-corrected chi connectivity index (χ0v) is 43.8. The number of Topliss-reactive ketones (excluding diaryl/α,β-unsaturated/α-hetero) is 1. The van der Waals surface area contributed by atoms with Gasteiger partial charge < -0.3 is 49.6 Å². The maximum atomic E-state index is 15.0. The Hall–Kier alpha value is -7.07. The molecule has 5 aliphatic heterocycles. The van der Waals surface area contributed by atoms with Crippen LogP contribution in [0.25, 0.3) is 22.0 Å². The fourth-order valence-electron chi connectivity index (χ4n) is 10.6. The molecule has 5 aliphatic rings. The molecule has 9 rings (SSSR count). The maximum absolute atomic E-state index is 15.0. The van der Waals surface area contributed by atoms with Gasteiger partial charge >= 0.3 is 11.8 Å². The van der Waals surface area contributed by atoms with Crippen LogP contribution in [0.1, 0.15) is 84.2 Å². The van der Waals surface area contributed by atoms with Gasteiger partial charge in [-0.15, -0.1) is 5.10 Å². The molecule has 0 radical (unpaired) electrons. The van der Waals surface area contributed by atoms with Crippen molar-refractivity contribution >= 4 is 39.8 Å². The number of ether oxygens (including phenoxy) is 4. The van der Waals surface area contributed by atoms with Crippen molar-refractivity contribution in [3.8, 4) is 28.5 Å². The van der Waals surface area contributed by atoms with Crippen LogP contribution in [0.5, 0.6) is 17.2 Å². The molecule has 75 heavy (non-hydrogen) atoms. The van der Waals surface area contributed by atoms with Crippen molar-refractivity contribution in [2.75, 3.05) is 32.1 Å². The van der Waals surface area contributed by atoms with Crippen LogP contribution in [0, 0.1) is 46.6 Å². The molecule has 1 amide bonds. The van der Waals surface area contributed by atoms with E-state index in [2.05, 4.69) is 34.4 Å². The number of methoxy groups -OCH3 is 1. The van der Waals surface area contributed by atoms with Crippen molar-refractivity contribution in [2.45, 2.75) is 118 Å². The number of nitrogens with one attached hydrogen (secondary N) is 1. The van der Waals surface area contributed by atoms with E-state index in [9.17, 15) is 44.9 Å². The van der Waals surface area contributed by atoms with Gasteiger partial charge in [0.25, 0.3) is 17.4 Å². The molecule has 9 atom stereocenters. The van der Waals surface area contributed by atoms with Gasteiger partial charge in [0.1, 0.15) is 40.9 Å². The topological polar surface area (TPSA) is 283 Å². The Labute approximate surface area is 433 Å². The molecular weight excluding hydrogens is 969 g/mol. The van der Waals surface area contributed by atoms with E-state index in [1.54, 1.807) is 46.8 Å². The molecule has 0 aliphatic carbocycles. The van der Waals surface area contributed by atoms with Crippen LogP contribution in [0.4, 0.5) is 11.4 Å². The number of allylic oxidation sites excluding steroid dienone is 2. The Morgan fingerprint density at radius 1 is 0.960 bits per heavy atom. The van der Waals surface area contributed by atoms with Gasteiger partial charge in [-0.05, 0) is 38.0 Å². The summed E-state index contributed by atoms with van der Waals surface area (Å²) >= 11 is 0. The van der Waals surface area contributed by atoms with Gasteiger partial charge in [-0.25, -0.2) is 4.68 Å². The van der Waals surface area contributed by atoms with Gasteiger partial charge in [-0.3, -0.25) is 34.5 Å². The van der Waals surface area contributed by atoms with Crippen molar-refractivity contribution in [2.24, 2.45) is 39.6 Å². The summed E-state index contributed by atoms with van der Waals surface area (Å²) in [4.78, 5) is 66.2. The fraction of sp³-hybridized carbons (Fsp3) is 0.500. The SMILES string of the molecule is CO[C@H]1/C=C/O[C@@]2(C)Oc3c(C)c(O)c4c(O)c(c5c(c4c3C2=O)=NC2(CCN(CC(C)C)CC2)N=5)NC(=O)/C(C)=C\C=C\[C@H](C)[C@H](O)[C@@H](C)[C@@H](O)[C@@H](C)[C@H](OC(=O)Cn2cc(-c3ccc([N+](=O)[O-])cc3)nn2)[C@@H]1C. The number of aliphatic hydroxyl groups is 2. The lowest BCUT2D eigenvalue weighted by atomic mass is 9.78. The second kappa shape index (κ2) is 21.3. The molecule has 1 spiro atoms. The van der Waals surface area contributed by atoms with Crippen molar-refractivity contribution in [3.63, 3.8) is 0 Å². The third kappa shape index (κ3) is 10.5. The van der Waals surface area contributed by atoms with Crippen LogP contribution in [-0.2, 0) is 30.3 Å². The number of carbonyl (C=O) groups excluding carboxylic acids is 3. The molecule has 5 N–H and O–H groups in total. The number of hydrogen-bond acceptors (Lipinski definition) is 18. The Balaban J connectivity index is 1.18. The van der Waals surface area contributed by atoms with Gasteiger partial charge in [0, 0.05) is 104 Å². The lowest BCUT2D eigenvalue weighted by molar-refractivity contribution is -0.384. The number of non-ortho nitro benzene ring substituents is 1. The Morgan fingerprint density at radius 3 is 2.29 bits per heavy atom. The van der Waals surface area contributed by atoms with Crippen LogP contribution >= 0.6 is 0 Å². The summed E-state index contributed by atoms with van der Waals surface area (Å²) in [6, 6.07) is 5.69. The van der Waals surface area contributed by atoms with Crippen molar-refractivity contribution in [1.29, 1.82) is 0 Å². The predicted molar refractivity (Wildman–Crippen MR) is 274 cm³/mol. The fourth-order valence-corrected chi connectivity index (χ4v) is 10.6. The zero-order chi connectivity index (χ0) is 54.4. The number of esters is 1. The molecule has 21 nitrogen and oxygen atoms in total. The normalized spacial score (nSPS) is 28.7. The van der Waals surface area contributed by atoms with E-state index >= 15 is 0 Å². The molecule has 0 unspecified atom stereocenters. The molecule has 1 aromatic heterocycles. The number of hydrogen-bond donors (Lipinski definition) is 5. The molecule has 4 aromatic rings. The van der Waals surface area contributed by atoms with E-state index < -0.39 is 100 Å². The molecule has 1 saturated heterocycles. The summed E-state index contributed by atoms with van der Waals surface area (Å²) in [5.41, 5.74) is 0.0168. The van der Waals surface area contributed by atoms with Crippen molar-refractivity contribution in [1.82, 2.24) is 19.9 Å². The first-order valence-electron chi connectivity index (χ1n) is 25.2. The van der Waals surface area contributed by atoms with Gasteiger partial charge in [-0.1, -0.05) is 65.0 Å². The molecule has 3 aromatic carbocycles. The molecule has 6 heterocycles. The van der Waals surface area contributed by atoms with E-state index in [4.69, 9.17) is 28.9 Å². The highest BCUT2D eigenvalue weighted by Gasteiger charge is 2.50. The predicted octanol–water partition coefficient (Wildman–Crippen LogP) is 5.60. The summed E-state index contributed by atoms with van der Waals surface area (Å²) in [6.07, 6.45) is 5.70. The third-order valence-corrected chi connectivity index (χ3v) is 15.1. The number of rotatable bonds is 8. The second-order valence-electron chi connectivity index (χ2n) is 20.9. The number of phenolic OH excluding ortho intramolecular Hbond substituents is 2. The van der Waals surface area contributed by atoms with Crippen LogP contribution in [0.2, 0.25) is 0 Å². The summed E-state index contributed by atoms with van der Waals surface area (Å²) in [5, 5.41) is 70.3. The first-order valence-corrected chi connectivity index (χ1v) is 25.2. The van der Waals surface area contributed by atoms with Gasteiger partial charge in [0.15, 0.2) is 11.4 Å². The van der Waals surface area contributed by atoms with Crippen LogP contribution in [0.3, 0.4) is 0 Å². The number of aromatic nitrogens is 3. The summed E-state index contributed by atoms with van der Waals surface area (Å²) in [6.45, 7) is 17.5. The van der Waals surface area contributed by atoms with Gasteiger partial charge in [-0.2, -0.15) is 0 Å². The number of aromatic hydroxyl groups is 2. The molecule has 0 saturated carbocycles. The molecule has 5 bridgehead atoms. The van der Waals surface area contributed by atoms with Crippen LogP contribution in [0.15, 0.2) is 76.6 Å². The Bertz CT molecular complexity index is 3120. The van der Waals surface area contributed by atoms with E-state index in [1.807, 2.05) is 0 Å². The number of phenols is 2. The highest BCUT2D eigenvalue weighted by atomic mass is 16.7. The average Bonchev–Trinajstić information content (AvgIpc) is 4.08. The number of likely N-dealkylation sites (tertiary alicyclic amines) is 1. The first-order chi connectivity index (χ1) is 35.5. The molecule has 1 fully saturated rings. The minimum absolute atomic E-state index is 0.00232. The third-order valence-electron chi connectivity index (χ3n) is 15.1. The monoisotopic (exact) mass is 1030 g/mol. The number of nitro benzene ring substituents is 1. The minimum Gasteiger partial charge on any atom is -0.507 e. The number of nitrogens with zero attached hydrogens (tertiary/aromatic N) is 7. The van der Waals surface area contributed by atoms with Crippen LogP contribution in [-0.4, -0.2) is 126 Å². The minimum atomic E-state index is -2.04. The number of fused-ring (bicyclic) bond motifs is 13. The van der Waals surface area contributed by atoms with E-state index in [-0.39, 0.29) is 55.3 Å². The van der Waals surface area contributed by atoms with Gasteiger partial charge in [0.2, 0.25) is 0 Å². The van der Waals surface area contributed by atoms with Gasteiger partial charge in [0.05, 0.1) is 52.0 Å². The highest BCUT2D eigenvalue weighted by Crippen LogP contribution is 2.50. The average molecular weight is 1040 g/mol. The van der Waals surface area contributed by atoms with Crippen LogP contribution < -0.4 is 20.8 Å². The number of anilines is 1. The highest BCUT2D eigenvalue weighted by molar-refractivity contribution is 6.19.